The molecular weight excluding hydrogens is 268 g/mol. The predicted molar refractivity (Wildman–Crippen MR) is 98.6 cm³/mol. The van der Waals surface area contributed by atoms with Crippen LogP contribution in [0.5, 0.6) is 0 Å². The van der Waals surface area contributed by atoms with Crippen LogP contribution < -0.4 is 5.73 Å². The molecule has 0 amide bonds. The standard InChI is InChI=1S/C20H34N2/c1-15(2)7-8-17(4)18(5)13-20(14-19(6)21)22-11-9-16(3)10-12-22/h7-8,14,16,18,20H,1,4,9-13,21H2,2-3,5-6H3/b8-7-,19-14-. The van der Waals surface area contributed by atoms with Crippen LogP contribution in [0.25, 0.3) is 0 Å². The summed E-state index contributed by atoms with van der Waals surface area (Å²) >= 11 is 0. The summed E-state index contributed by atoms with van der Waals surface area (Å²) in [5, 5.41) is 0. The normalized spacial score (nSPS) is 21.0. The fraction of sp³-hybridized carbons (Fsp3) is 0.600. The number of allylic oxidation sites excluding steroid dienone is 5. The first-order valence-corrected chi connectivity index (χ1v) is 8.50. The summed E-state index contributed by atoms with van der Waals surface area (Å²) in [4.78, 5) is 2.59. The summed E-state index contributed by atoms with van der Waals surface area (Å²) in [6, 6.07) is 0.419. The molecule has 0 bridgehead atoms. The van der Waals surface area contributed by atoms with E-state index in [1.165, 1.54) is 31.5 Å². The molecule has 2 N–H and O–H groups in total. The lowest BCUT2D eigenvalue weighted by Gasteiger charge is -2.36. The highest BCUT2D eigenvalue weighted by molar-refractivity contribution is 5.25. The molecule has 1 fully saturated rings. The van der Waals surface area contributed by atoms with Gasteiger partial charge in [0, 0.05) is 11.7 Å². The number of likely N-dealkylation sites (tertiary alicyclic amines) is 1. The lowest BCUT2D eigenvalue weighted by molar-refractivity contribution is 0.149. The molecule has 0 aromatic rings. The van der Waals surface area contributed by atoms with Crippen molar-refractivity contribution in [3.8, 4) is 0 Å². The number of nitrogens with zero attached hydrogens (tertiary/aromatic N) is 1. The number of hydrogen-bond donors (Lipinski definition) is 1. The van der Waals surface area contributed by atoms with Gasteiger partial charge in [-0.1, -0.05) is 50.3 Å². The number of hydrogen-bond acceptors (Lipinski definition) is 2. The van der Waals surface area contributed by atoms with Gasteiger partial charge in [0.05, 0.1) is 0 Å². The average molecular weight is 303 g/mol. The molecule has 0 radical (unpaired) electrons. The quantitative estimate of drug-likeness (QED) is 0.693. The van der Waals surface area contributed by atoms with Gasteiger partial charge in [0.2, 0.25) is 0 Å². The summed E-state index contributed by atoms with van der Waals surface area (Å²) in [5.41, 5.74) is 9.11. The fourth-order valence-electron chi connectivity index (χ4n) is 2.91. The van der Waals surface area contributed by atoms with Crippen molar-refractivity contribution in [2.45, 2.75) is 53.0 Å². The van der Waals surface area contributed by atoms with Crippen LogP contribution in [0.15, 0.2) is 48.2 Å². The zero-order valence-electron chi connectivity index (χ0n) is 14.9. The van der Waals surface area contributed by atoms with Gasteiger partial charge in [-0.2, -0.15) is 0 Å². The Labute approximate surface area is 137 Å². The molecule has 1 rings (SSSR count). The Kier molecular flexibility index (Phi) is 7.67. The van der Waals surface area contributed by atoms with Crippen molar-refractivity contribution < 1.29 is 0 Å². The summed E-state index contributed by atoms with van der Waals surface area (Å²) in [6.45, 7) is 19.1. The summed E-state index contributed by atoms with van der Waals surface area (Å²) in [6.07, 6.45) is 10.0. The predicted octanol–water partition coefficient (Wildman–Crippen LogP) is 4.66. The Hall–Kier alpha value is -1.28. The highest BCUT2D eigenvalue weighted by Gasteiger charge is 2.23. The largest absolute Gasteiger partial charge is 0.402 e. The van der Waals surface area contributed by atoms with Gasteiger partial charge in [0.25, 0.3) is 0 Å². The molecule has 0 aromatic carbocycles. The molecule has 2 unspecified atom stereocenters. The second-order valence-electron chi connectivity index (χ2n) is 7.09. The van der Waals surface area contributed by atoms with E-state index in [0.29, 0.717) is 12.0 Å². The van der Waals surface area contributed by atoms with Crippen molar-refractivity contribution >= 4 is 0 Å². The van der Waals surface area contributed by atoms with E-state index in [9.17, 15) is 0 Å². The molecule has 0 spiro atoms. The minimum Gasteiger partial charge on any atom is -0.402 e. The van der Waals surface area contributed by atoms with Crippen LogP contribution in [0.2, 0.25) is 0 Å². The van der Waals surface area contributed by atoms with Gasteiger partial charge >= 0.3 is 0 Å². The third-order valence-corrected chi connectivity index (χ3v) is 4.55. The van der Waals surface area contributed by atoms with Gasteiger partial charge < -0.3 is 5.73 Å². The lowest BCUT2D eigenvalue weighted by Crippen LogP contribution is -2.41. The van der Waals surface area contributed by atoms with Crippen LogP contribution in [-0.2, 0) is 0 Å². The van der Waals surface area contributed by atoms with Crippen molar-refractivity contribution in [1.82, 2.24) is 4.90 Å². The van der Waals surface area contributed by atoms with E-state index < -0.39 is 0 Å². The van der Waals surface area contributed by atoms with E-state index in [1.54, 1.807) is 0 Å². The van der Waals surface area contributed by atoms with Crippen LogP contribution in [-0.4, -0.2) is 24.0 Å². The van der Waals surface area contributed by atoms with E-state index >= 15 is 0 Å². The minimum absolute atomic E-state index is 0.419. The second kappa shape index (κ2) is 8.99. The number of rotatable bonds is 7. The topological polar surface area (TPSA) is 29.3 Å². The summed E-state index contributed by atoms with van der Waals surface area (Å²) in [7, 11) is 0. The van der Waals surface area contributed by atoms with E-state index in [4.69, 9.17) is 5.73 Å². The molecule has 2 atom stereocenters. The van der Waals surface area contributed by atoms with Crippen LogP contribution in [0, 0.1) is 11.8 Å². The Morgan fingerprint density at radius 3 is 2.32 bits per heavy atom. The van der Waals surface area contributed by atoms with Crippen molar-refractivity contribution in [3.63, 3.8) is 0 Å². The first kappa shape index (κ1) is 18.8. The molecule has 0 aromatic heterocycles. The van der Waals surface area contributed by atoms with Gasteiger partial charge in [0.15, 0.2) is 0 Å². The highest BCUT2D eigenvalue weighted by atomic mass is 15.2. The lowest BCUT2D eigenvalue weighted by atomic mass is 9.90. The molecular formula is C20H34N2. The Balaban J connectivity index is 2.70. The van der Waals surface area contributed by atoms with Crippen molar-refractivity contribution in [3.05, 3.63) is 48.2 Å². The molecule has 124 valence electrons. The molecule has 0 saturated carbocycles. The Morgan fingerprint density at radius 2 is 1.82 bits per heavy atom. The number of nitrogens with two attached hydrogens (primary N) is 1. The third kappa shape index (κ3) is 6.65. The smallest absolute Gasteiger partial charge is 0.0303 e. The maximum Gasteiger partial charge on any atom is 0.0303 e. The second-order valence-corrected chi connectivity index (χ2v) is 7.09. The maximum absolute atomic E-state index is 5.96. The van der Waals surface area contributed by atoms with E-state index in [2.05, 4.69) is 44.1 Å². The maximum atomic E-state index is 5.96. The van der Waals surface area contributed by atoms with Gasteiger partial charge in [0.1, 0.15) is 0 Å². The van der Waals surface area contributed by atoms with Gasteiger partial charge in [-0.15, -0.1) is 0 Å². The monoisotopic (exact) mass is 302 g/mol. The van der Waals surface area contributed by atoms with Crippen LogP contribution in [0.1, 0.15) is 47.0 Å². The first-order chi connectivity index (χ1) is 10.3. The Morgan fingerprint density at radius 1 is 1.23 bits per heavy atom. The number of piperidine rings is 1. The fourth-order valence-corrected chi connectivity index (χ4v) is 2.91. The van der Waals surface area contributed by atoms with Gasteiger partial charge in [-0.25, -0.2) is 0 Å². The van der Waals surface area contributed by atoms with Crippen LogP contribution >= 0.6 is 0 Å². The minimum atomic E-state index is 0.419. The average Bonchev–Trinajstić information content (AvgIpc) is 2.44. The zero-order chi connectivity index (χ0) is 16.7. The van der Waals surface area contributed by atoms with Crippen LogP contribution in [0.4, 0.5) is 0 Å². The SMILES string of the molecule is C=C(C)/C=C\C(=C)C(C)CC(/C=C(/C)N)N1CCC(C)CC1. The summed E-state index contributed by atoms with van der Waals surface area (Å²) in [5.74, 6) is 1.29. The molecule has 0 aliphatic carbocycles. The van der Waals surface area contributed by atoms with E-state index in [0.717, 1.165) is 23.6 Å². The Bertz CT molecular complexity index is 433. The summed E-state index contributed by atoms with van der Waals surface area (Å²) < 4.78 is 0. The molecule has 1 aliphatic heterocycles. The third-order valence-electron chi connectivity index (χ3n) is 4.55. The van der Waals surface area contributed by atoms with E-state index in [-0.39, 0.29) is 0 Å². The molecule has 2 heteroatoms. The van der Waals surface area contributed by atoms with E-state index in [1.807, 2.05) is 19.9 Å². The van der Waals surface area contributed by atoms with Crippen molar-refractivity contribution in [1.29, 1.82) is 0 Å². The van der Waals surface area contributed by atoms with Crippen molar-refractivity contribution in [2.24, 2.45) is 17.6 Å². The molecule has 1 heterocycles. The van der Waals surface area contributed by atoms with Gasteiger partial charge in [-0.05, 0) is 64.1 Å². The first-order valence-electron chi connectivity index (χ1n) is 8.50. The molecule has 2 nitrogen and oxygen atoms in total. The van der Waals surface area contributed by atoms with Gasteiger partial charge in [-0.3, -0.25) is 4.90 Å². The molecule has 22 heavy (non-hydrogen) atoms. The molecule has 1 saturated heterocycles. The molecule has 1 aliphatic rings. The highest BCUT2D eigenvalue weighted by Crippen LogP contribution is 2.25. The van der Waals surface area contributed by atoms with Crippen LogP contribution in [0.3, 0.4) is 0 Å². The zero-order valence-corrected chi connectivity index (χ0v) is 14.9. The van der Waals surface area contributed by atoms with Crippen molar-refractivity contribution in [2.75, 3.05) is 13.1 Å².